The molecule has 0 unspecified atom stereocenters. The van der Waals surface area contributed by atoms with Crippen LogP contribution < -0.4 is 10.2 Å². The molecule has 0 radical (unpaired) electrons. The van der Waals surface area contributed by atoms with Gasteiger partial charge in [0, 0.05) is 18.8 Å². The molecule has 6 heteroatoms. The minimum Gasteiger partial charge on any atom is -0.550 e. The monoisotopic (exact) mass is 284 g/mol. The van der Waals surface area contributed by atoms with Crippen molar-refractivity contribution in [3.63, 3.8) is 0 Å². The molecule has 6 nitrogen and oxygen atoms in total. The van der Waals surface area contributed by atoms with Crippen molar-refractivity contribution in [2.45, 2.75) is 58.8 Å². The summed E-state index contributed by atoms with van der Waals surface area (Å²) in [7, 11) is 0. The van der Waals surface area contributed by atoms with E-state index in [1.54, 1.807) is 13.8 Å². The van der Waals surface area contributed by atoms with E-state index >= 15 is 0 Å². The summed E-state index contributed by atoms with van der Waals surface area (Å²) in [6.07, 6.45) is -0.124. The lowest BCUT2D eigenvalue weighted by molar-refractivity contribution is -0.316. The van der Waals surface area contributed by atoms with Crippen LogP contribution in [0.2, 0.25) is 0 Å². The molecule has 0 aliphatic heterocycles. The summed E-state index contributed by atoms with van der Waals surface area (Å²) in [5.74, 6) is -4.47. The van der Waals surface area contributed by atoms with E-state index in [-0.39, 0.29) is 25.7 Å². The third-order valence-corrected chi connectivity index (χ3v) is 3.19. The van der Waals surface area contributed by atoms with Gasteiger partial charge in [-0.2, -0.15) is 0 Å². The summed E-state index contributed by atoms with van der Waals surface area (Å²) in [5, 5.41) is 21.8. The smallest absolute Gasteiger partial charge is 0.152 e. The SMILES string of the molecule is CCCC(=O)C(CCCC(=O)[O-])(C(=O)[O-])C(=O)CCC. The molecule has 0 rings (SSSR count). The number of aliphatic carboxylic acids is 2. The minimum absolute atomic E-state index is 0.0469. The van der Waals surface area contributed by atoms with Gasteiger partial charge in [-0.05, 0) is 32.1 Å². The van der Waals surface area contributed by atoms with E-state index < -0.39 is 35.3 Å². The molecule has 0 saturated heterocycles. The van der Waals surface area contributed by atoms with E-state index in [4.69, 9.17) is 0 Å². The van der Waals surface area contributed by atoms with Crippen LogP contribution in [-0.4, -0.2) is 23.5 Å². The number of carbonyl (C=O) groups excluding carboxylic acids is 4. The van der Waals surface area contributed by atoms with Gasteiger partial charge in [0.15, 0.2) is 11.6 Å². The number of Topliss-reactive ketones (excluding diaryl/α,β-unsaturated/α-hetero) is 2. The Hall–Kier alpha value is -1.72. The van der Waals surface area contributed by atoms with Crippen molar-refractivity contribution in [2.24, 2.45) is 5.41 Å². The quantitative estimate of drug-likeness (QED) is 0.467. The highest BCUT2D eigenvalue weighted by molar-refractivity contribution is 6.21. The van der Waals surface area contributed by atoms with E-state index in [9.17, 15) is 29.4 Å². The zero-order valence-corrected chi connectivity index (χ0v) is 11.9. The minimum atomic E-state index is -2.21. The fourth-order valence-electron chi connectivity index (χ4n) is 2.14. The Balaban J connectivity index is 5.33. The second-order valence-electron chi connectivity index (χ2n) is 4.76. The Kier molecular flexibility index (Phi) is 7.72. The van der Waals surface area contributed by atoms with Gasteiger partial charge in [-0.25, -0.2) is 0 Å². The highest BCUT2D eigenvalue weighted by Crippen LogP contribution is 2.31. The number of hydrogen-bond donors (Lipinski definition) is 0. The number of carboxylic acids is 2. The van der Waals surface area contributed by atoms with Crippen LogP contribution in [0.1, 0.15) is 58.8 Å². The Morgan fingerprint density at radius 1 is 0.850 bits per heavy atom. The van der Waals surface area contributed by atoms with Gasteiger partial charge in [0.1, 0.15) is 5.41 Å². The molecule has 0 N–H and O–H groups in total. The Morgan fingerprint density at radius 2 is 1.30 bits per heavy atom. The van der Waals surface area contributed by atoms with Crippen molar-refractivity contribution in [1.82, 2.24) is 0 Å². The molecule has 0 aromatic carbocycles. The fraction of sp³-hybridized carbons (Fsp3) is 0.714. The van der Waals surface area contributed by atoms with E-state index in [0.717, 1.165) is 0 Å². The third-order valence-electron chi connectivity index (χ3n) is 3.19. The molecule has 20 heavy (non-hydrogen) atoms. The van der Waals surface area contributed by atoms with E-state index in [1.165, 1.54) is 0 Å². The predicted octanol–water partition coefficient (Wildman–Crippen LogP) is -0.619. The summed E-state index contributed by atoms with van der Waals surface area (Å²) < 4.78 is 0. The maximum absolute atomic E-state index is 12.1. The van der Waals surface area contributed by atoms with E-state index in [1.807, 2.05) is 0 Å². The number of carboxylic acid groups (broad SMARTS) is 2. The van der Waals surface area contributed by atoms with Crippen LogP contribution in [0.25, 0.3) is 0 Å². The summed E-state index contributed by atoms with van der Waals surface area (Å²) in [6, 6.07) is 0. The molecule has 0 atom stereocenters. The molecule has 114 valence electrons. The first-order valence-electron chi connectivity index (χ1n) is 6.80. The van der Waals surface area contributed by atoms with Crippen LogP contribution in [0.15, 0.2) is 0 Å². The van der Waals surface area contributed by atoms with Crippen LogP contribution in [0.3, 0.4) is 0 Å². The lowest BCUT2D eigenvalue weighted by Crippen LogP contribution is -2.53. The predicted molar refractivity (Wildman–Crippen MR) is 66.1 cm³/mol. The van der Waals surface area contributed by atoms with Crippen LogP contribution in [0, 0.1) is 5.41 Å². The normalized spacial score (nSPS) is 11.1. The standard InChI is InChI=1S/C14H22O6/c1-3-6-10(15)14(13(19)20,11(16)7-4-2)9-5-8-12(17)18/h3-9H2,1-2H3,(H,17,18)(H,19,20)/p-2. The lowest BCUT2D eigenvalue weighted by atomic mass is 9.72. The molecule has 0 aliphatic carbocycles. The fourth-order valence-corrected chi connectivity index (χ4v) is 2.14. The average molecular weight is 284 g/mol. The van der Waals surface area contributed by atoms with Gasteiger partial charge >= 0.3 is 0 Å². The van der Waals surface area contributed by atoms with Crippen LogP contribution in [-0.2, 0) is 19.2 Å². The summed E-state index contributed by atoms with van der Waals surface area (Å²) >= 11 is 0. The number of ketones is 2. The molecule has 0 heterocycles. The topological polar surface area (TPSA) is 114 Å². The molecule has 0 amide bonds. The van der Waals surface area contributed by atoms with Crippen molar-refractivity contribution >= 4 is 23.5 Å². The van der Waals surface area contributed by atoms with Gasteiger partial charge in [0.05, 0.1) is 5.97 Å². The second-order valence-corrected chi connectivity index (χ2v) is 4.76. The van der Waals surface area contributed by atoms with E-state index in [2.05, 4.69) is 0 Å². The Morgan fingerprint density at radius 3 is 1.60 bits per heavy atom. The van der Waals surface area contributed by atoms with Crippen molar-refractivity contribution in [1.29, 1.82) is 0 Å². The van der Waals surface area contributed by atoms with E-state index in [0.29, 0.717) is 12.8 Å². The maximum atomic E-state index is 12.1. The molecule has 0 fully saturated rings. The highest BCUT2D eigenvalue weighted by atomic mass is 16.4. The molecule has 0 aromatic rings. The summed E-state index contributed by atoms with van der Waals surface area (Å²) in [5.41, 5.74) is -2.21. The Labute approximate surface area is 118 Å². The zero-order valence-electron chi connectivity index (χ0n) is 11.9. The van der Waals surface area contributed by atoms with Crippen molar-refractivity contribution < 1.29 is 29.4 Å². The first kappa shape index (κ1) is 18.3. The van der Waals surface area contributed by atoms with Crippen LogP contribution >= 0.6 is 0 Å². The largest absolute Gasteiger partial charge is 0.550 e. The molecule has 0 saturated carbocycles. The van der Waals surface area contributed by atoms with Crippen LogP contribution in [0.4, 0.5) is 0 Å². The van der Waals surface area contributed by atoms with Crippen LogP contribution in [0.5, 0.6) is 0 Å². The van der Waals surface area contributed by atoms with Gasteiger partial charge in [-0.15, -0.1) is 0 Å². The van der Waals surface area contributed by atoms with Crippen molar-refractivity contribution in [3.05, 3.63) is 0 Å². The number of carbonyl (C=O) groups is 4. The van der Waals surface area contributed by atoms with Crippen molar-refractivity contribution in [3.8, 4) is 0 Å². The molecule has 0 spiro atoms. The zero-order chi connectivity index (χ0) is 15.8. The summed E-state index contributed by atoms with van der Waals surface area (Å²) in [6.45, 7) is 3.40. The summed E-state index contributed by atoms with van der Waals surface area (Å²) in [4.78, 5) is 46.0. The first-order valence-corrected chi connectivity index (χ1v) is 6.80. The molecular formula is C14H20O6-2. The molecule has 0 bridgehead atoms. The second kappa shape index (κ2) is 8.45. The molecule has 0 aromatic heterocycles. The van der Waals surface area contributed by atoms with Gasteiger partial charge < -0.3 is 19.8 Å². The van der Waals surface area contributed by atoms with Gasteiger partial charge in [-0.1, -0.05) is 13.8 Å². The first-order chi connectivity index (χ1) is 9.32. The third kappa shape index (κ3) is 4.43. The van der Waals surface area contributed by atoms with Gasteiger partial charge in [0.25, 0.3) is 0 Å². The maximum Gasteiger partial charge on any atom is 0.152 e. The van der Waals surface area contributed by atoms with Gasteiger partial charge in [-0.3, -0.25) is 9.59 Å². The highest BCUT2D eigenvalue weighted by Gasteiger charge is 2.44. The molecule has 0 aliphatic rings. The van der Waals surface area contributed by atoms with Crippen molar-refractivity contribution in [2.75, 3.05) is 0 Å². The number of hydrogen-bond acceptors (Lipinski definition) is 6. The average Bonchev–Trinajstić information content (AvgIpc) is 2.34. The van der Waals surface area contributed by atoms with Gasteiger partial charge in [0.2, 0.25) is 0 Å². The number of rotatable bonds is 11. The molecular weight excluding hydrogens is 264 g/mol. The lowest BCUT2D eigenvalue weighted by Gasteiger charge is -2.32. The Bertz CT molecular complexity index is 367.